The van der Waals surface area contributed by atoms with E-state index in [1.165, 1.54) is 14.2 Å². The molecule has 0 heterocycles. The van der Waals surface area contributed by atoms with Crippen molar-refractivity contribution < 1.29 is 23.7 Å². The van der Waals surface area contributed by atoms with Gasteiger partial charge in [-0.25, -0.2) is 15.6 Å². The smallest absolute Gasteiger partial charge is 0.429 e. The Morgan fingerprint density at radius 3 is 2.42 bits per heavy atom. The van der Waals surface area contributed by atoms with Gasteiger partial charge in [-0.1, -0.05) is 11.6 Å². The van der Waals surface area contributed by atoms with Gasteiger partial charge in [0.1, 0.15) is 0 Å². The summed E-state index contributed by atoms with van der Waals surface area (Å²) in [4.78, 5) is 12.5. The van der Waals surface area contributed by atoms with Gasteiger partial charge in [-0.05, 0) is 37.1 Å². The first kappa shape index (κ1) is 19.0. The zero-order valence-corrected chi connectivity index (χ0v) is 14.8. The Kier molecular flexibility index (Phi) is 6.42. The largest absolute Gasteiger partial charge is 0.436 e. The summed E-state index contributed by atoms with van der Waals surface area (Å²) in [6.07, 6.45) is 0.332. The van der Waals surface area contributed by atoms with Crippen molar-refractivity contribution >= 4 is 23.4 Å². The number of hydrogen-bond donors (Lipinski definition) is 1. The third-order valence-corrected chi connectivity index (χ3v) is 4.56. The van der Waals surface area contributed by atoms with Gasteiger partial charge in [0, 0.05) is 32.8 Å². The Labute approximate surface area is 146 Å². The number of hydrogen-bond acceptors (Lipinski definition) is 6. The molecule has 2 N–H and O–H groups in total. The van der Waals surface area contributed by atoms with E-state index in [1.54, 1.807) is 31.4 Å². The normalized spacial score (nSPS) is 22.9. The number of halogens is 1. The summed E-state index contributed by atoms with van der Waals surface area (Å²) >= 11 is 5.84. The fraction of sp³-hybridized carbons (Fsp3) is 0.562. The van der Waals surface area contributed by atoms with Crippen molar-refractivity contribution in [3.63, 3.8) is 0 Å². The summed E-state index contributed by atoms with van der Waals surface area (Å²) in [7, 11) is 4.59. The molecule has 1 fully saturated rings. The van der Waals surface area contributed by atoms with Gasteiger partial charge in [0.25, 0.3) is 0 Å². The molecule has 0 bridgehead atoms. The van der Waals surface area contributed by atoms with E-state index in [9.17, 15) is 4.79 Å². The standard InChI is InChI=1S/C16H23ClN2O5/c1-21-13-5-4-10-16(22-2,23-3)14(13)24-15(20)19(18)12-8-6-11(17)7-9-12/h6-9,13-14H,4-5,10,18H2,1-3H3. The van der Waals surface area contributed by atoms with Crippen molar-refractivity contribution in [3.05, 3.63) is 29.3 Å². The lowest BCUT2D eigenvalue weighted by Gasteiger charge is -2.44. The fourth-order valence-electron chi connectivity index (χ4n) is 2.93. The second kappa shape index (κ2) is 8.13. The summed E-state index contributed by atoms with van der Waals surface area (Å²) in [5, 5.41) is 1.46. The Hall–Kier alpha value is -1.38. The van der Waals surface area contributed by atoms with E-state index in [2.05, 4.69) is 0 Å². The number of amides is 1. The number of methoxy groups -OCH3 is 3. The minimum Gasteiger partial charge on any atom is -0.436 e. The molecule has 0 aliphatic heterocycles. The molecule has 1 saturated carbocycles. The van der Waals surface area contributed by atoms with E-state index in [0.717, 1.165) is 17.9 Å². The van der Waals surface area contributed by atoms with Gasteiger partial charge in [-0.3, -0.25) is 0 Å². The van der Waals surface area contributed by atoms with Crippen molar-refractivity contribution in [2.75, 3.05) is 26.3 Å². The van der Waals surface area contributed by atoms with Crippen LogP contribution in [0.4, 0.5) is 10.5 Å². The first-order chi connectivity index (χ1) is 11.5. The quantitative estimate of drug-likeness (QED) is 0.377. The Morgan fingerprint density at radius 1 is 1.25 bits per heavy atom. The van der Waals surface area contributed by atoms with Gasteiger partial charge in [-0.15, -0.1) is 0 Å². The SMILES string of the molecule is COC1CCCC(OC)(OC)C1OC(=O)N(N)c1ccc(Cl)cc1. The highest BCUT2D eigenvalue weighted by atomic mass is 35.5. The Bertz CT molecular complexity index is 550. The third kappa shape index (κ3) is 3.81. The molecule has 1 aromatic carbocycles. The van der Waals surface area contributed by atoms with Crippen molar-refractivity contribution in [2.45, 2.75) is 37.3 Å². The maximum atomic E-state index is 12.5. The van der Waals surface area contributed by atoms with Crippen LogP contribution in [0.5, 0.6) is 0 Å². The summed E-state index contributed by atoms with van der Waals surface area (Å²) in [5.41, 5.74) is 0.453. The van der Waals surface area contributed by atoms with Crippen molar-refractivity contribution in [1.82, 2.24) is 0 Å². The molecule has 0 spiro atoms. The van der Waals surface area contributed by atoms with E-state index < -0.39 is 18.0 Å². The van der Waals surface area contributed by atoms with Gasteiger partial charge in [0.15, 0.2) is 6.10 Å². The van der Waals surface area contributed by atoms with Crippen LogP contribution < -0.4 is 10.9 Å². The number of nitrogens with two attached hydrogens (primary N) is 1. The molecular weight excluding hydrogens is 336 g/mol. The Morgan fingerprint density at radius 2 is 1.88 bits per heavy atom. The summed E-state index contributed by atoms with van der Waals surface area (Å²) in [6.45, 7) is 0. The summed E-state index contributed by atoms with van der Waals surface area (Å²) in [6, 6.07) is 6.52. The molecule has 0 radical (unpaired) electrons. The second-order valence-electron chi connectivity index (χ2n) is 5.54. The Balaban J connectivity index is 2.17. The highest BCUT2D eigenvalue weighted by Crippen LogP contribution is 2.36. The number of carbonyl (C=O) groups is 1. The number of anilines is 1. The van der Waals surface area contributed by atoms with Crippen LogP contribution in [0.25, 0.3) is 0 Å². The number of ether oxygens (including phenoxy) is 4. The molecule has 0 saturated heterocycles. The highest BCUT2D eigenvalue weighted by Gasteiger charge is 2.50. The average Bonchev–Trinajstić information content (AvgIpc) is 2.62. The van der Waals surface area contributed by atoms with Gasteiger partial charge in [0.2, 0.25) is 5.79 Å². The zero-order valence-electron chi connectivity index (χ0n) is 14.0. The molecule has 0 aromatic heterocycles. The molecule has 2 unspecified atom stereocenters. The lowest BCUT2D eigenvalue weighted by Crippen LogP contribution is -2.58. The average molecular weight is 359 g/mol. The molecule has 7 nitrogen and oxygen atoms in total. The lowest BCUT2D eigenvalue weighted by molar-refractivity contribution is -0.292. The molecule has 8 heteroatoms. The van der Waals surface area contributed by atoms with E-state index in [1.807, 2.05) is 0 Å². The van der Waals surface area contributed by atoms with Crippen LogP contribution in [0.2, 0.25) is 5.02 Å². The molecule has 134 valence electrons. The maximum absolute atomic E-state index is 12.5. The summed E-state index contributed by atoms with van der Waals surface area (Å²) < 4.78 is 22.1. The molecule has 1 aliphatic carbocycles. The van der Waals surface area contributed by atoms with Gasteiger partial charge in [0.05, 0.1) is 11.8 Å². The number of benzene rings is 1. The van der Waals surface area contributed by atoms with Crippen LogP contribution >= 0.6 is 11.6 Å². The fourth-order valence-corrected chi connectivity index (χ4v) is 3.05. The molecule has 1 aromatic rings. The number of rotatable bonds is 5. The van der Waals surface area contributed by atoms with Crippen LogP contribution in [-0.4, -0.2) is 45.4 Å². The number of nitrogens with zero attached hydrogens (tertiary/aromatic N) is 1. The van der Waals surface area contributed by atoms with Crippen LogP contribution in [0.15, 0.2) is 24.3 Å². The zero-order chi connectivity index (χ0) is 17.7. The first-order valence-corrected chi connectivity index (χ1v) is 7.99. The number of carbonyl (C=O) groups excluding carboxylic acids is 1. The van der Waals surface area contributed by atoms with Crippen molar-refractivity contribution in [3.8, 4) is 0 Å². The molecule has 2 atom stereocenters. The maximum Gasteiger partial charge on any atom is 0.429 e. The predicted octanol–water partition coefficient (Wildman–Crippen LogP) is 2.71. The molecular formula is C16H23ClN2O5. The van der Waals surface area contributed by atoms with Crippen LogP contribution in [0.3, 0.4) is 0 Å². The van der Waals surface area contributed by atoms with Crippen LogP contribution in [0, 0.1) is 0 Å². The first-order valence-electron chi connectivity index (χ1n) is 7.61. The van der Waals surface area contributed by atoms with E-state index >= 15 is 0 Å². The third-order valence-electron chi connectivity index (χ3n) is 4.31. The van der Waals surface area contributed by atoms with Crippen molar-refractivity contribution in [1.29, 1.82) is 0 Å². The highest BCUT2D eigenvalue weighted by molar-refractivity contribution is 6.30. The second-order valence-corrected chi connectivity index (χ2v) is 5.97. The lowest BCUT2D eigenvalue weighted by atomic mass is 9.88. The molecule has 24 heavy (non-hydrogen) atoms. The minimum absolute atomic E-state index is 0.346. The van der Waals surface area contributed by atoms with Crippen molar-refractivity contribution in [2.24, 2.45) is 5.84 Å². The number of hydrazine groups is 1. The monoisotopic (exact) mass is 358 g/mol. The van der Waals surface area contributed by atoms with E-state index in [-0.39, 0.29) is 6.10 Å². The molecule has 1 aliphatic rings. The van der Waals surface area contributed by atoms with Crippen LogP contribution in [0.1, 0.15) is 19.3 Å². The molecule has 2 rings (SSSR count). The van der Waals surface area contributed by atoms with Crippen LogP contribution in [-0.2, 0) is 18.9 Å². The van der Waals surface area contributed by atoms with Gasteiger partial charge >= 0.3 is 6.09 Å². The topological polar surface area (TPSA) is 83.2 Å². The predicted molar refractivity (Wildman–Crippen MR) is 89.8 cm³/mol. The van der Waals surface area contributed by atoms with E-state index in [4.69, 9.17) is 36.4 Å². The minimum atomic E-state index is -1.06. The molecule has 1 amide bonds. The summed E-state index contributed by atoms with van der Waals surface area (Å²) in [5.74, 6) is 4.80. The van der Waals surface area contributed by atoms with E-state index in [0.29, 0.717) is 17.1 Å². The van der Waals surface area contributed by atoms with Gasteiger partial charge in [-0.2, -0.15) is 0 Å². The van der Waals surface area contributed by atoms with Gasteiger partial charge < -0.3 is 18.9 Å².